The largest absolute Gasteiger partial charge is 0.393 e. The van der Waals surface area contributed by atoms with Crippen molar-refractivity contribution in [3.05, 3.63) is 12.7 Å². The lowest BCUT2D eigenvalue weighted by Crippen LogP contribution is -2.20. The van der Waals surface area contributed by atoms with Crippen molar-refractivity contribution in [2.75, 3.05) is 0 Å². The lowest BCUT2D eigenvalue weighted by atomic mass is 9.87. The lowest BCUT2D eigenvalue weighted by Gasteiger charge is -2.21. The monoisotopic (exact) mass is 138 g/mol. The van der Waals surface area contributed by atoms with Crippen LogP contribution in [-0.2, 0) is 0 Å². The summed E-state index contributed by atoms with van der Waals surface area (Å²) in [5, 5.41) is 9.40. The number of aliphatic hydroxyl groups excluding tert-OH is 1. The first kappa shape index (κ1) is 6.41. The van der Waals surface area contributed by atoms with E-state index in [-0.39, 0.29) is 6.10 Å². The second-order valence-corrected chi connectivity index (χ2v) is 3.69. The Morgan fingerprint density at radius 2 is 2.00 bits per heavy atom. The summed E-state index contributed by atoms with van der Waals surface area (Å²) < 4.78 is 0. The zero-order valence-corrected chi connectivity index (χ0v) is 6.16. The van der Waals surface area contributed by atoms with Crippen molar-refractivity contribution in [3.8, 4) is 0 Å². The van der Waals surface area contributed by atoms with Crippen LogP contribution in [-0.4, -0.2) is 11.2 Å². The minimum atomic E-state index is 0.0150. The van der Waals surface area contributed by atoms with E-state index >= 15 is 0 Å². The molecule has 0 aromatic carbocycles. The number of fused-ring (bicyclic) bond motifs is 2. The van der Waals surface area contributed by atoms with Crippen LogP contribution in [0, 0.1) is 17.8 Å². The fraction of sp³-hybridized carbons (Fsp3) is 0.778. The summed E-state index contributed by atoms with van der Waals surface area (Å²) in [5.74, 6) is 2.08. The molecule has 0 radical (unpaired) electrons. The first-order chi connectivity index (χ1) is 4.81. The molecule has 56 valence electrons. The van der Waals surface area contributed by atoms with Crippen LogP contribution >= 0.6 is 0 Å². The van der Waals surface area contributed by atoms with Gasteiger partial charge in [-0.1, -0.05) is 6.08 Å². The molecular formula is C9H14O. The minimum Gasteiger partial charge on any atom is -0.393 e. The standard InChI is InChI=1S/C9H14O/c1-2-6-3-8-4-7(6)5-9(8)10/h2,6-10H,1,3-5H2/t6?,7-,8+,9?/m1/s1. The van der Waals surface area contributed by atoms with Crippen LogP contribution in [0.25, 0.3) is 0 Å². The number of aliphatic hydroxyl groups is 1. The third-order valence-corrected chi connectivity index (χ3v) is 3.18. The third kappa shape index (κ3) is 0.734. The van der Waals surface area contributed by atoms with E-state index in [0.717, 1.165) is 12.3 Å². The molecule has 4 atom stereocenters. The summed E-state index contributed by atoms with van der Waals surface area (Å²) in [6.45, 7) is 3.80. The first-order valence-electron chi connectivity index (χ1n) is 4.12. The van der Waals surface area contributed by atoms with Crippen LogP contribution in [0.15, 0.2) is 12.7 Å². The summed E-state index contributed by atoms with van der Waals surface area (Å²) in [5.41, 5.74) is 0. The van der Waals surface area contributed by atoms with Crippen LogP contribution in [0.5, 0.6) is 0 Å². The molecule has 2 aliphatic carbocycles. The van der Waals surface area contributed by atoms with Crippen molar-refractivity contribution >= 4 is 0 Å². The molecule has 2 aliphatic rings. The van der Waals surface area contributed by atoms with Gasteiger partial charge in [-0.15, -0.1) is 6.58 Å². The van der Waals surface area contributed by atoms with Gasteiger partial charge in [0.15, 0.2) is 0 Å². The fourth-order valence-electron chi connectivity index (χ4n) is 2.58. The normalized spacial score (nSPS) is 51.7. The highest BCUT2D eigenvalue weighted by atomic mass is 16.3. The minimum absolute atomic E-state index is 0.0150. The van der Waals surface area contributed by atoms with E-state index in [1.807, 2.05) is 0 Å². The van der Waals surface area contributed by atoms with Gasteiger partial charge < -0.3 is 5.11 Å². The van der Waals surface area contributed by atoms with Gasteiger partial charge in [0.1, 0.15) is 0 Å². The SMILES string of the molecule is C=CC1C[C@H]2C[C@@H]1CC2O. The first-order valence-corrected chi connectivity index (χ1v) is 4.12. The molecule has 2 bridgehead atoms. The van der Waals surface area contributed by atoms with Gasteiger partial charge in [-0.05, 0) is 37.0 Å². The molecule has 0 heterocycles. The fourth-order valence-corrected chi connectivity index (χ4v) is 2.58. The number of rotatable bonds is 1. The molecule has 0 spiro atoms. The molecule has 10 heavy (non-hydrogen) atoms. The smallest absolute Gasteiger partial charge is 0.0571 e. The molecule has 2 rings (SSSR count). The Hall–Kier alpha value is -0.300. The van der Waals surface area contributed by atoms with Gasteiger partial charge in [0.2, 0.25) is 0 Å². The highest BCUT2D eigenvalue weighted by molar-refractivity contribution is 5.00. The molecule has 0 aliphatic heterocycles. The quantitative estimate of drug-likeness (QED) is 0.545. The van der Waals surface area contributed by atoms with E-state index < -0.39 is 0 Å². The van der Waals surface area contributed by atoms with Crippen molar-refractivity contribution in [1.82, 2.24) is 0 Å². The highest BCUT2D eigenvalue weighted by Crippen LogP contribution is 2.48. The zero-order valence-electron chi connectivity index (χ0n) is 6.16. The van der Waals surface area contributed by atoms with Crippen LogP contribution in [0.4, 0.5) is 0 Å². The number of allylic oxidation sites excluding steroid dienone is 1. The van der Waals surface area contributed by atoms with Crippen molar-refractivity contribution in [1.29, 1.82) is 0 Å². The lowest BCUT2D eigenvalue weighted by molar-refractivity contribution is 0.103. The Morgan fingerprint density at radius 3 is 2.40 bits per heavy atom. The van der Waals surface area contributed by atoms with Gasteiger partial charge in [-0.25, -0.2) is 0 Å². The van der Waals surface area contributed by atoms with Gasteiger partial charge in [0, 0.05) is 0 Å². The maximum Gasteiger partial charge on any atom is 0.0571 e. The van der Waals surface area contributed by atoms with E-state index in [4.69, 9.17) is 0 Å². The van der Waals surface area contributed by atoms with E-state index in [2.05, 4.69) is 12.7 Å². The highest BCUT2D eigenvalue weighted by Gasteiger charge is 2.43. The molecule has 1 N–H and O–H groups in total. The molecule has 1 nitrogen and oxygen atoms in total. The van der Waals surface area contributed by atoms with Crippen molar-refractivity contribution < 1.29 is 5.11 Å². The van der Waals surface area contributed by atoms with Crippen molar-refractivity contribution in [2.24, 2.45) is 17.8 Å². The topological polar surface area (TPSA) is 20.2 Å². The van der Waals surface area contributed by atoms with Crippen LogP contribution in [0.3, 0.4) is 0 Å². The third-order valence-electron chi connectivity index (χ3n) is 3.18. The van der Waals surface area contributed by atoms with Gasteiger partial charge in [0.05, 0.1) is 6.10 Å². The Balaban J connectivity index is 2.08. The Kier molecular flexibility index (Phi) is 1.34. The molecule has 2 saturated carbocycles. The summed E-state index contributed by atoms with van der Waals surface area (Å²) in [7, 11) is 0. The molecule has 1 heteroatoms. The van der Waals surface area contributed by atoms with Crippen molar-refractivity contribution in [3.63, 3.8) is 0 Å². The van der Waals surface area contributed by atoms with Crippen LogP contribution < -0.4 is 0 Å². The van der Waals surface area contributed by atoms with Crippen LogP contribution in [0.1, 0.15) is 19.3 Å². The van der Waals surface area contributed by atoms with Crippen molar-refractivity contribution in [2.45, 2.75) is 25.4 Å². The Bertz CT molecular complexity index is 151. The van der Waals surface area contributed by atoms with E-state index in [0.29, 0.717) is 11.8 Å². The Morgan fingerprint density at radius 1 is 1.20 bits per heavy atom. The van der Waals surface area contributed by atoms with Gasteiger partial charge in [0.25, 0.3) is 0 Å². The average molecular weight is 138 g/mol. The van der Waals surface area contributed by atoms with Crippen LogP contribution in [0.2, 0.25) is 0 Å². The Labute approximate surface area is 61.8 Å². The predicted octanol–water partition coefficient (Wildman–Crippen LogP) is 1.58. The summed E-state index contributed by atoms with van der Waals surface area (Å²) in [4.78, 5) is 0. The molecular weight excluding hydrogens is 124 g/mol. The molecule has 0 aromatic heterocycles. The second-order valence-electron chi connectivity index (χ2n) is 3.69. The van der Waals surface area contributed by atoms with E-state index in [1.54, 1.807) is 0 Å². The molecule has 2 fully saturated rings. The van der Waals surface area contributed by atoms with Gasteiger partial charge >= 0.3 is 0 Å². The molecule has 0 aromatic rings. The maximum atomic E-state index is 9.40. The molecule has 0 amide bonds. The average Bonchev–Trinajstić information content (AvgIpc) is 2.44. The molecule has 0 saturated heterocycles. The summed E-state index contributed by atoms with van der Waals surface area (Å²) in [6, 6.07) is 0. The number of hydrogen-bond acceptors (Lipinski definition) is 1. The molecule has 2 unspecified atom stereocenters. The summed E-state index contributed by atoms with van der Waals surface area (Å²) in [6.07, 6.45) is 5.55. The number of hydrogen-bond donors (Lipinski definition) is 1. The zero-order chi connectivity index (χ0) is 7.14. The van der Waals surface area contributed by atoms with Gasteiger partial charge in [-0.2, -0.15) is 0 Å². The maximum absolute atomic E-state index is 9.40. The van der Waals surface area contributed by atoms with Gasteiger partial charge in [-0.3, -0.25) is 0 Å². The van der Waals surface area contributed by atoms with E-state index in [1.165, 1.54) is 12.8 Å². The summed E-state index contributed by atoms with van der Waals surface area (Å²) >= 11 is 0. The predicted molar refractivity (Wildman–Crippen MR) is 40.5 cm³/mol. The van der Waals surface area contributed by atoms with E-state index in [9.17, 15) is 5.11 Å². The second kappa shape index (κ2) is 2.09.